The number of amidine groups is 1. The maximum absolute atomic E-state index is 7.51. The summed E-state index contributed by atoms with van der Waals surface area (Å²) in [5.41, 5.74) is 13.6. The van der Waals surface area contributed by atoms with Crippen molar-refractivity contribution in [3.05, 3.63) is 48.2 Å². The SMILES string of the molecule is N=C(N)c1ccccc1-c1cccnc1N. The van der Waals surface area contributed by atoms with Gasteiger partial charge in [-0.2, -0.15) is 0 Å². The van der Waals surface area contributed by atoms with Crippen LogP contribution in [-0.2, 0) is 0 Å². The molecule has 80 valence electrons. The number of benzene rings is 1. The first-order valence-corrected chi connectivity index (χ1v) is 4.84. The zero-order valence-corrected chi connectivity index (χ0v) is 8.64. The molecule has 5 N–H and O–H groups in total. The van der Waals surface area contributed by atoms with Crippen molar-refractivity contribution in [2.75, 3.05) is 5.73 Å². The summed E-state index contributed by atoms with van der Waals surface area (Å²) in [6.45, 7) is 0. The molecule has 0 atom stereocenters. The van der Waals surface area contributed by atoms with Crippen LogP contribution in [0.5, 0.6) is 0 Å². The van der Waals surface area contributed by atoms with Gasteiger partial charge in [0.2, 0.25) is 0 Å². The summed E-state index contributed by atoms with van der Waals surface area (Å²) >= 11 is 0. The van der Waals surface area contributed by atoms with Crippen molar-refractivity contribution >= 4 is 11.7 Å². The predicted molar refractivity (Wildman–Crippen MR) is 65.1 cm³/mol. The minimum Gasteiger partial charge on any atom is -0.384 e. The van der Waals surface area contributed by atoms with Crippen LogP contribution in [0.3, 0.4) is 0 Å². The Morgan fingerprint density at radius 1 is 1.06 bits per heavy atom. The highest BCUT2D eigenvalue weighted by molar-refractivity contribution is 6.02. The molecule has 0 unspecified atom stereocenters. The highest BCUT2D eigenvalue weighted by Gasteiger charge is 2.09. The first-order chi connectivity index (χ1) is 7.70. The molecule has 16 heavy (non-hydrogen) atoms. The van der Waals surface area contributed by atoms with Crippen LogP contribution < -0.4 is 11.5 Å². The van der Waals surface area contributed by atoms with Crippen molar-refractivity contribution in [1.29, 1.82) is 5.41 Å². The van der Waals surface area contributed by atoms with Gasteiger partial charge in [-0.1, -0.05) is 24.3 Å². The number of hydrogen-bond acceptors (Lipinski definition) is 3. The van der Waals surface area contributed by atoms with Gasteiger partial charge in [-0.25, -0.2) is 4.98 Å². The number of anilines is 1. The topological polar surface area (TPSA) is 88.8 Å². The summed E-state index contributed by atoms with van der Waals surface area (Å²) in [6.07, 6.45) is 1.63. The lowest BCUT2D eigenvalue weighted by Crippen LogP contribution is -2.12. The number of nitrogens with one attached hydrogen (secondary N) is 1. The molecule has 1 aromatic heterocycles. The van der Waals surface area contributed by atoms with Crippen LogP contribution in [0.2, 0.25) is 0 Å². The van der Waals surface area contributed by atoms with Crippen LogP contribution in [-0.4, -0.2) is 10.8 Å². The summed E-state index contributed by atoms with van der Waals surface area (Å²) in [7, 11) is 0. The Bertz CT molecular complexity index is 534. The third-order valence-corrected chi connectivity index (χ3v) is 2.35. The molecule has 0 radical (unpaired) electrons. The molecular formula is C12H12N4. The van der Waals surface area contributed by atoms with E-state index >= 15 is 0 Å². The Hall–Kier alpha value is -2.36. The zero-order valence-electron chi connectivity index (χ0n) is 8.64. The maximum Gasteiger partial charge on any atom is 0.131 e. The standard InChI is InChI=1S/C12H12N4/c13-11(14)9-5-2-1-4-8(9)10-6-3-7-16-12(10)15/h1-7H,(H3,13,14)(H2,15,16). The van der Waals surface area contributed by atoms with Crippen molar-refractivity contribution in [3.63, 3.8) is 0 Å². The van der Waals surface area contributed by atoms with E-state index in [-0.39, 0.29) is 5.84 Å². The van der Waals surface area contributed by atoms with Gasteiger partial charge in [-0.15, -0.1) is 0 Å². The van der Waals surface area contributed by atoms with E-state index in [1.54, 1.807) is 12.3 Å². The van der Waals surface area contributed by atoms with Gasteiger partial charge >= 0.3 is 0 Å². The summed E-state index contributed by atoms with van der Waals surface area (Å²) < 4.78 is 0. The van der Waals surface area contributed by atoms with E-state index in [2.05, 4.69) is 4.98 Å². The van der Waals surface area contributed by atoms with Crippen molar-refractivity contribution in [2.45, 2.75) is 0 Å². The fourth-order valence-electron chi connectivity index (χ4n) is 1.60. The predicted octanol–water partition coefficient (Wildman–Crippen LogP) is 1.61. The van der Waals surface area contributed by atoms with E-state index < -0.39 is 0 Å². The van der Waals surface area contributed by atoms with E-state index in [1.165, 1.54) is 0 Å². The molecule has 0 bridgehead atoms. The number of aromatic nitrogens is 1. The smallest absolute Gasteiger partial charge is 0.131 e. The van der Waals surface area contributed by atoms with E-state index in [9.17, 15) is 0 Å². The van der Waals surface area contributed by atoms with Crippen LogP contribution in [0.15, 0.2) is 42.6 Å². The normalized spacial score (nSPS) is 10.0. The number of pyridine rings is 1. The monoisotopic (exact) mass is 212 g/mol. The molecule has 0 saturated heterocycles. The quantitative estimate of drug-likeness (QED) is 0.522. The molecule has 1 aromatic carbocycles. The average Bonchev–Trinajstić information content (AvgIpc) is 2.29. The number of nitrogen functional groups attached to an aromatic ring is 2. The van der Waals surface area contributed by atoms with Gasteiger partial charge in [0.25, 0.3) is 0 Å². The lowest BCUT2D eigenvalue weighted by Gasteiger charge is -2.09. The maximum atomic E-state index is 7.51. The Morgan fingerprint density at radius 2 is 1.75 bits per heavy atom. The summed E-state index contributed by atoms with van der Waals surface area (Å²) in [5.74, 6) is 0.468. The van der Waals surface area contributed by atoms with E-state index in [0.29, 0.717) is 11.4 Å². The Balaban J connectivity index is 2.65. The molecule has 4 heteroatoms. The van der Waals surface area contributed by atoms with Crippen LogP contribution in [0.4, 0.5) is 5.82 Å². The van der Waals surface area contributed by atoms with Crippen LogP contribution in [0.25, 0.3) is 11.1 Å². The van der Waals surface area contributed by atoms with Gasteiger partial charge in [-0.3, -0.25) is 5.41 Å². The van der Waals surface area contributed by atoms with Crippen molar-refractivity contribution in [2.24, 2.45) is 5.73 Å². The minimum absolute atomic E-state index is 0.0267. The fraction of sp³-hybridized carbons (Fsp3) is 0. The van der Waals surface area contributed by atoms with Gasteiger partial charge in [0.15, 0.2) is 0 Å². The third-order valence-electron chi connectivity index (χ3n) is 2.35. The molecule has 2 rings (SSSR count). The van der Waals surface area contributed by atoms with Gasteiger partial charge < -0.3 is 11.5 Å². The third kappa shape index (κ3) is 1.72. The average molecular weight is 212 g/mol. The largest absolute Gasteiger partial charge is 0.384 e. The van der Waals surface area contributed by atoms with Crippen molar-refractivity contribution < 1.29 is 0 Å². The van der Waals surface area contributed by atoms with Crippen molar-refractivity contribution in [1.82, 2.24) is 4.98 Å². The second-order valence-electron chi connectivity index (χ2n) is 3.40. The summed E-state index contributed by atoms with van der Waals surface area (Å²) in [4.78, 5) is 4.02. The summed E-state index contributed by atoms with van der Waals surface area (Å²) in [5, 5.41) is 7.51. The first kappa shape index (κ1) is 10.2. The Morgan fingerprint density at radius 3 is 2.44 bits per heavy atom. The molecular weight excluding hydrogens is 200 g/mol. The number of nitrogens with zero attached hydrogens (tertiary/aromatic N) is 1. The van der Waals surface area contributed by atoms with Gasteiger partial charge in [0, 0.05) is 17.3 Å². The Kier molecular flexibility index (Phi) is 2.55. The van der Waals surface area contributed by atoms with E-state index in [1.807, 2.05) is 30.3 Å². The molecule has 1 heterocycles. The van der Waals surface area contributed by atoms with E-state index in [0.717, 1.165) is 11.1 Å². The van der Waals surface area contributed by atoms with Crippen molar-refractivity contribution in [3.8, 4) is 11.1 Å². The molecule has 0 spiro atoms. The van der Waals surface area contributed by atoms with Gasteiger partial charge in [0.1, 0.15) is 11.7 Å². The first-order valence-electron chi connectivity index (χ1n) is 4.84. The second kappa shape index (κ2) is 4.02. The van der Waals surface area contributed by atoms with Crippen LogP contribution in [0, 0.1) is 5.41 Å². The molecule has 0 fully saturated rings. The van der Waals surface area contributed by atoms with Gasteiger partial charge in [-0.05, 0) is 17.7 Å². The number of nitrogens with two attached hydrogens (primary N) is 2. The van der Waals surface area contributed by atoms with Crippen LogP contribution in [0.1, 0.15) is 5.56 Å². The molecule has 0 saturated carbocycles. The van der Waals surface area contributed by atoms with Crippen LogP contribution >= 0.6 is 0 Å². The second-order valence-corrected chi connectivity index (χ2v) is 3.40. The molecule has 0 amide bonds. The lowest BCUT2D eigenvalue weighted by atomic mass is 10.00. The molecule has 2 aromatic rings. The molecule has 0 aliphatic rings. The van der Waals surface area contributed by atoms with Gasteiger partial charge in [0.05, 0.1) is 0 Å². The minimum atomic E-state index is 0.0267. The highest BCUT2D eigenvalue weighted by Crippen LogP contribution is 2.26. The molecule has 0 aliphatic heterocycles. The van der Waals surface area contributed by atoms with E-state index in [4.69, 9.17) is 16.9 Å². The summed E-state index contributed by atoms with van der Waals surface area (Å²) in [6, 6.07) is 11.1. The number of hydrogen-bond donors (Lipinski definition) is 3. The molecule has 4 nitrogen and oxygen atoms in total. The lowest BCUT2D eigenvalue weighted by molar-refractivity contribution is 1.33. The fourth-order valence-corrected chi connectivity index (χ4v) is 1.60. The highest BCUT2D eigenvalue weighted by atomic mass is 14.8. The number of rotatable bonds is 2. The Labute approximate surface area is 93.4 Å². The molecule has 0 aliphatic carbocycles. The zero-order chi connectivity index (χ0) is 11.5.